The first-order valence-electron chi connectivity index (χ1n) is 7.52. The Morgan fingerprint density at radius 1 is 1.30 bits per heavy atom. The van der Waals surface area contributed by atoms with E-state index in [9.17, 15) is 4.79 Å². The first-order chi connectivity index (χ1) is 10.9. The smallest absolute Gasteiger partial charge is 0.345 e. The molecule has 2 aromatic rings. The molecule has 23 heavy (non-hydrogen) atoms. The highest BCUT2D eigenvalue weighted by atomic mass is 16.6. The Balaban J connectivity index is 1.84. The van der Waals surface area contributed by atoms with Crippen LogP contribution in [0.2, 0.25) is 0 Å². The molecule has 0 spiro atoms. The van der Waals surface area contributed by atoms with Crippen LogP contribution in [0.5, 0.6) is 5.75 Å². The van der Waals surface area contributed by atoms with Crippen molar-refractivity contribution >= 4 is 11.9 Å². The van der Waals surface area contributed by atoms with Crippen LogP contribution in [-0.4, -0.2) is 24.3 Å². The van der Waals surface area contributed by atoms with E-state index in [4.69, 9.17) is 19.7 Å². The van der Waals surface area contributed by atoms with E-state index in [1.54, 1.807) is 6.92 Å². The molecule has 0 saturated carbocycles. The van der Waals surface area contributed by atoms with Crippen LogP contribution in [0, 0.1) is 13.8 Å². The first-order valence-corrected chi connectivity index (χ1v) is 7.52. The maximum absolute atomic E-state index is 11.9. The van der Waals surface area contributed by atoms with Crippen molar-refractivity contribution in [2.24, 2.45) is 0 Å². The third-order valence-electron chi connectivity index (χ3n) is 3.54. The number of nitrogens with two attached hydrogens (primary N) is 1. The zero-order chi connectivity index (χ0) is 17.0. The fraction of sp³-hybridized carbons (Fsp3) is 0.412. The number of rotatable bonds is 6. The van der Waals surface area contributed by atoms with Gasteiger partial charge in [-0.2, -0.15) is 0 Å². The van der Waals surface area contributed by atoms with E-state index in [1.165, 1.54) is 11.1 Å². The Hall–Kier alpha value is -2.50. The topological polar surface area (TPSA) is 87.6 Å². The molecule has 0 fully saturated rings. The normalized spacial score (nSPS) is 10.8. The SMILES string of the molecule is Cc1cc(OCCOC(=O)c2c(C)noc2N)ccc1C(C)C. The van der Waals surface area contributed by atoms with E-state index < -0.39 is 5.97 Å². The van der Waals surface area contributed by atoms with Crippen LogP contribution in [0.3, 0.4) is 0 Å². The van der Waals surface area contributed by atoms with Gasteiger partial charge in [0.1, 0.15) is 24.5 Å². The molecule has 1 heterocycles. The molecule has 0 radical (unpaired) electrons. The Kier molecular flexibility index (Phi) is 5.26. The van der Waals surface area contributed by atoms with Gasteiger partial charge >= 0.3 is 5.97 Å². The van der Waals surface area contributed by atoms with Crippen molar-refractivity contribution in [1.82, 2.24) is 5.16 Å². The van der Waals surface area contributed by atoms with Crippen LogP contribution >= 0.6 is 0 Å². The van der Waals surface area contributed by atoms with Gasteiger partial charge in [0.2, 0.25) is 5.88 Å². The largest absolute Gasteiger partial charge is 0.490 e. The van der Waals surface area contributed by atoms with E-state index in [-0.39, 0.29) is 24.7 Å². The zero-order valence-corrected chi connectivity index (χ0v) is 13.9. The number of benzene rings is 1. The van der Waals surface area contributed by atoms with E-state index in [0.717, 1.165) is 5.75 Å². The van der Waals surface area contributed by atoms with Crippen molar-refractivity contribution < 1.29 is 18.8 Å². The highest BCUT2D eigenvalue weighted by Crippen LogP contribution is 2.23. The Morgan fingerprint density at radius 3 is 2.61 bits per heavy atom. The Labute approximate surface area is 135 Å². The maximum atomic E-state index is 11.9. The van der Waals surface area contributed by atoms with Crippen molar-refractivity contribution in [2.75, 3.05) is 18.9 Å². The summed E-state index contributed by atoms with van der Waals surface area (Å²) in [6, 6.07) is 5.97. The van der Waals surface area contributed by atoms with Gasteiger partial charge in [-0.15, -0.1) is 0 Å². The summed E-state index contributed by atoms with van der Waals surface area (Å²) in [7, 11) is 0. The molecule has 0 unspecified atom stereocenters. The molecule has 0 atom stereocenters. The van der Waals surface area contributed by atoms with Crippen LogP contribution in [0.15, 0.2) is 22.7 Å². The summed E-state index contributed by atoms with van der Waals surface area (Å²) in [5.74, 6) is 0.635. The van der Waals surface area contributed by atoms with E-state index in [0.29, 0.717) is 11.6 Å². The van der Waals surface area contributed by atoms with Crippen molar-refractivity contribution in [3.63, 3.8) is 0 Å². The number of carbonyl (C=O) groups is 1. The van der Waals surface area contributed by atoms with Gasteiger partial charge in [0.15, 0.2) is 0 Å². The summed E-state index contributed by atoms with van der Waals surface area (Å²) < 4.78 is 15.5. The first kappa shape index (κ1) is 16.9. The third kappa shape index (κ3) is 4.03. The number of nitrogen functional groups attached to an aromatic ring is 1. The lowest BCUT2D eigenvalue weighted by atomic mass is 9.98. The van der Waals surface area contributed by atoms with Gasteiger partial charge in [-0.3, -0.25) is 0 Å². The number of ether oxygens (including phenoxy) is 2. The lowest BCUT2D eigenvalue weighted by molar-refractivity contribution is 0.0450. The van der Waals surface area contributed by atoms with Crippen LogP contribution in [0.25, 0.3) is 0 Å². The summed E-state index contributed by atoms with van der Waals surface area (Å²) in [5.41, 5.74) is 8.59. The molecule has 1 aromatic carbocycles. The molecule has 0 aliphatic rings. The summed E-state index contributed by atoms with van der Waals surface area (Å²) >= 11 is 0. The Bertz CT molecular complexity index is 672. The average Bonchev–Trinajstić information content (AvgIpc) is 2.82. The predicted molar refractivity (Wildman–Crippen MR) is 86.7 cm³/mol. The van der Waals surface area contributed by atoms with Crippen LogP contribution in [-0.2, 0) is 4.74 Å². The van der Waals surface area contributed by atoms with Gasteiger partial charge in [0.25, 0.3) is 0 Å². The Morgan fingerprint density at radius 2 is 2.04 bits per heavy atom. The number of carbonyl (C=O) groups excluding carboxylic acids is 1. The average molecular weight is 318 g/mol. The van der Waals surface area contributed by atoms with Gasteiger partial charge in [-0.1, -0.05) is 25.1 Å². The van der Waals surface area contributed by atoms with Gasteiger partial charge in [0, 0.05) is 0 Å². The second-order valence-corrected chi connectivity index (χ2v) is 5.66. The summed E-state index contributed by atoms with van der Waals surface area (Å²) in [4.78, 5) is 11.9. The van der Waals surface area contributed by atoms with Crippen LogP contribution in [0.1, 0.15) is 46.9 Å². The highest BCUT2D eigenvalue weighted by Gasteiger charge is 2.19. The number of hydrogen-bond donors (Lipinski definition) is 1. The molecular weight excluding hydrogens is 296 g/mol. The van der Waals surface area contributed by atoms with Crippen molar-refractivity contribution in [3.05, 3.63) is 40.6 Å². The summed E-state index contributed by atoms with van der Waals surface area (Å²) in [5, 5.41) is 3.61. The minimum atomic E-state index is -0.559. The lowest BCUT2D eigenvalue weighted by Gasteiger charge is -2.12. The van der Waals surface area contributed by atoms with Gasteiger partial charge in [0.05, 0.1) is 5.69 Å². The molecular formula is C17H22N2O4. The van der Waals surface area contributed by atoms with E-state index >= 15 is 0 Å². The number of aryl methyl sites for hydroxylation is 2. The zero-order valence-electron chi connectivity index (χ0n) is 13.9. The number of hydrogen-bond acceptors (Lipinski definition) is 6. The van der Waals surface area contributed by atoms with Crippen LogP contribution in [0.4, 0.5) is 5.88 Å². The summed E-state index contributed by atoms with van der Waals surface area (Å²) in [6.07, 6.45) is 0. The highest BCUT2D eigenvalue weighted by molar-refractivity contribution is 5.94. The second-order valence-electron chi connectivity index (χ2n) is 5.66. The fourth-order valence-electron chi connectivity index (χ4n) is 2.39. The van der Waals surface area contributed by atoms with Gasteiger partial charge < -0.3 is 19.7 Å². The van der Waals surface area contributed by atoms with E-state index in [2.05, 4.69) is 32.0 Å². The molecule has 6 heteroatoms. The molecule has 0 aliphatic heterocycles. The number of aromatic nitrogens is 1. The third-order valence-corrected chi connectivity index (χ3v) is 3.54. The van der Waals surface area contributed by atoms with E-state index in [1.807, 2.05) is 12.1 Å². The minimum Gasteiger partial charge on any atom is -0.490 e. The van der Waals surface area contributed by atoms with Gasteiger partial charge in [-0.25, -0.2) is 4.79 Å². The molecule has 6 nitrogen and oxygen atoms in total. The quantitative estimate of drug-likeness (QED) is 0.650. The van der Waals surface area contributed by atoms with Crippen LogP contribution < -0.4 is 10.5 Å². The van der Waals surface area contributed by atoms with Crippen molar-refractivity contribution in [1.29, 1.82) is 0 Å². The summed E-state index contributed by atoms with van der Waals surface area (Å²) in [6.45, 7) is 8.37. The molecule has 1 aromatic heterocycles. The van der Waals surface area contributed by atoms with Crippen molar-refractivity contribution in [2.45, 2.75) is 33.6 Å². The number of anilines is 1. The molecule has 0 amide bonds. The lowest BCUT2D eigenvalue weighted by Crippen LogP contribution is -2.14. The molecule has 2 rings (SSSR count). The monoisotopic (exact) mass is 318 g/mol. The fourth-order valence-corrected chi connectivity index (χ4v) is 2.39. The molecule has 0 saturated heterocycles. The standard InChI is InChI=1S/C17H22N2O4/c1-10(2)14-6-5-13(9-11(14)3)21-7-8-22-17(20)15-12(4)19-23-16(15)18/h5-6,9-10H,7-8,18H2,1-4H3. The number of nitrogens with zero attached hydrogens (tertiary/aromatic N) is 1. The molecule has 0 bridgehead atoms. The maximum Gasteiger partial charge on any atom is 0.345 e. The predicted octanol–water partition coefficient (Wildman–Crippen LogP) is 3.23. The molecule has 2 N–H and O–H groups in total. The molecule has 124 valence electrons. The molecule has 0 aliphatic carbocycles. The second kappa shape index (κ2) is 7.17. The minimum absolute atomic E-state index is 0.0340. The number of esters is 1. The van der Waals surface area contributed by atoms with Crippen molar-refractivity contribution in [3.8, 4) is 5.75 Å². The van der Waals surface area contributed by atoms with Gasteiger partial charge in [-0.05, 0) is 43.0 Å².